The van der Waals surface area contributed by atoms with E-state index in [1.807, 2.05) is 28.8 Å². The molecule has 0 atom stereocenters. The molecule has 150 valence electrons. The topological polar surface area (TPSA) is 60.7 Å². The number of halogens is 3. The minimum absolute atomic E-state index is 0.127. The molecule has 0 unspecified atom stereocenters. The zero-order valence-corrected chi connectivity index (χ0v) is 18.4. The maximum absolute atomic E-state index is 12.7. The number of aromatic nitrogens is 4. The highest BCUT2D eigenvalue weighted by Crippen LogP contribution is 2.29. The van der Waals surface area contributed by atoms with Crippen molar-refractivity contribution in [3.63, 3.8) is 0 Å². The third kappa shape index (κ3) is 4.52. The van der Waals surface area contributed by atoms with Gasteiger partial charge in [-0.05, 0) is 54.6 Å². The summed E-state index contributed by atoms with van der Waals surface area (Å²) in [6.07, 6.45) is 3.38. The minimum atomic E-state index is -0.127. The SMILES string of the molecule is O=C(CSc1nnc(-c2ccncc2)n1-c1ccc(Cl)cc1)c1ccc(Cl)cc1Cl. The van der Waals surface area contributed by atoms with Gasteiger partial charge in [-0.2, -0.15) is 0 Å². The van der Waals surface area contributed by atoms with E-state index in [1.165, 1.54) is 11.8 Å². The van der Waals surface area contributed by atoms with E-state index in [-0.39, 0.29) is 11.5 Å². The molecule has 30 heavy (non-hydrogen) atoms. The van der Waals surface area contributed by atoms with Crippen LogP contribution in [0.25, 0.3) is 17.1 Å². The van der Waals surface area contributed by atoms with E-state index in [0.717, 1.165) is 11.3 Å². The lowest BCUT2D eigenvalue weighted by Gasteiger charge is -2.10. The van der Waals surface area contributed by atoms with Crippen molar-refractivity contribution < 1.29 is 4.79 Å². The molecule has 0 aliphatic carbocycles. The Labute approximate surface area is 192 Å². The fourth-order valence-corrected chi connectivity index (χ4v) is 4.27. The molecule has 0 fully saturated rings. The van der Waals surface area contributed by atoms with Gasteiger partial charge in [-0.25, -0.2) is 0 Å². The normalized spacial score (nSPS) is 10.9. The molecular formula is C21H13Cl3N4OS. The molecule has 0 bridgehead atoms. The molecule has 0 amide bonds. The molecule has 5 nitrogen and oxygen atoms in total. The molecule has 4 aromatic rings. The van der Waals surface area contributed by atoms with Crippen LogP contribution in [-0.2, 0) is 0 Å². The Morgan fingerprint density at radius 1 is 0.900 bits per heavy atom. The summed E-state index contributed by atoms with van der Waals surface area (Å²) in [6.45, 7) is 0. The van der Waals surface area contributed by atoms with E-state index < -0.39 is 0 Å². The average molecular weight is 476 g/mol. The number of rotatable bonds is 6. The lowest BCUT2D eigenvalue weighted by Crippen LogP contribution is -2.05. The number of carbonyl (C=O) groups excluding carboxylic acids is 1. The standard InChI is InChI=1S/C21H13Cl3N4OS/c22-14-1-4-16(5-2-14)28-20(13-7-9-25-10-8-13)26-27-21(28)30-12-19(29)17-6-3-15(23)11-18(17)24/h1-11H,12H2. The maximum atomic E-state index is 12.7. The number of Topliss-reactive ketones (excluding diaryl/α,β-unsaturated/α-hetero) is 1. The fourth-order valence-electron chi connectivity index (χ4n) is 2.80. The van der Waals surface area contributed by atoms with Crippen LogP contribution in [0.5, 0.6) is 0 Å². The first-order chi connectivity index (χ1) is 14.5. The van der Waals surface area contributed by atoms with Crippen LogP contribution < -0.4 is 0 Å². The average Bonchev–Trinajstić information content (AvgIpc) is 3.17. The van der Waals surface area contributed by atoms with Gasteiger partial charge in [0.1, 0.15) is 0 Å². The number of carbonyl (C=O) groups is 1. The Hall–Kier alpha value is -2.38. The zero-order valence-electron chi connectivity index (χ0n) is 15.3. The zero-order chi connectivity index (χ0) is 21.1. The largest absolute Gasteiger partial charge is 0.293 e. The summed E-state index contributed by atoms with van der Waals surface area (Å²) >= 11 is 19.4. The molecule has 0 saturated carbocycles. The van der Waals surface area contributed by atoms with Gasteiger partial charge in [0.05, 0.1) is 10.8 Å². The van der Waals surface area contributed by atoms with Crippen molar-refractivity contribution >= 4 is 52.3 Å². The van der Waals surface area contributed by atoms with Crippen LogP contribution in [0.4, 0.5) is 0 Å². The van der Waals surface area contributed by atoms with Crippen LogP contribution in [0.1, 0.15) is 10.4 Å². The minimum Gasteiger partial charge on any atom is -0.293 e. The Morgan fingerprint density at radius 2 is 1.60 bits per heavy atom. The van der Waals surface area contributed by atoms with Gasteiger partial charge in [-0.1, -0.05) is 46.6 Å². The molecule has 9 heteroatoms. The van der Waals surface area contributed by atoms with E-state index in [1.54, 1.807) is 42.7 Å². The third-order valence-corrected chi connectivity index (χ3v) is 5.95. The van der Waals surface area contributed by atoms with Crippen molar-refractivity contribution in [2.24, 2.45) is 0 Å². The number of thioether (sulfide) groups is 1. The first-order valence-electron chi connectivity index (χ1n) is 8.76. The van der Waals surface area contributed by atoms with Crippen molar-refractivity contribution in [2.75, 3.05) is 5.75 Å². The molecule has 0 radical (unpaired) electrons. The van der Waals surface area contributed by atoms with Crippen molar-refractivity contribution in [3.8, 4) is 17.1 Å². The molecular weight excluding hydrogens is 463 g/mol. The molecule has 2 heterocycles. The van der Waals surface area contributed by atoms with E-state index in [4.69, 9.17) is 34.8 Å². The number of hydrogen-bond acceptors (Lipinski definition) is 5. The van der Waals surface area contributed by atoms with Crippen LogP contribution in [0.2, 0.25) is 15.1 Å². The fraction of sp³-hybridized carbons (Fsp3) is 0.0476. The Kier molecular flexibility index (Phi) is 6.39. The number of hydrogen-bond donors (Lipinski definition) is 0. The monoisotopic (exact) mass is 474 g/mol. The van der Waals surface area contributed by atoms with Gasteiger partial charge in [0.25, 0.3) is 0 Å². The smallest absolute Gasteiger partial charge is 0.196 e. The summed E-state index contributed by atoms with van der Waals surface area (Å²) in [5.41, 5.74) is 2.10. The predicted molar refractivity (Wildman–Crippen MR) is 121 cm³/mol. The quantitative estimate of drug-likeness (QED) is 0.243. The third-order valence-electron chi connectivity index (χ3n) is 4.22. The first-order valence-corrected chi connectivity index (χ1v) is 10.9. The Bertz CT molecular complexity index is 1200. The van der Waals surface area contributed by atoms with Crippen molar-refractivity contribution in [1.82, 2.24) is 19.7 Å². The maximum Gasteiger partial charge on any atom is 0.196 e. The molecule has 2 aromatic heterocycles. The van der Waals surface area contributed by atoms with E-state index >= 15 is 0 Å². The van der Waals surface area contributed by atoms with Crippen LogP contribution in [0.3, 0.4) is 0 Å². The molecule has 0 spiro atoms. The van der Waals surface area contributed by atoms with Gasteiger partial charge in [-0.3, -0.25) is 14.3 Å². The lowest BCUT2D eigenvalue weighted by atomic mass is 10.1. The predicted octanol–water partition coefficient (Wildman–Crippen LogP) is 6.26. The molecule has 2 aromatic carbocycles. The second kappa shape index (κ2) is 9.18. The van der Waals surface area contributed by atoms with E-state index in [0.29, 0.717) is 31.6 Å². The van der Waals surface area contributed by atoms with Gasteiger partial charge in [-0.15, -0.1) is 10.2 Å². The highest BCUT2D eigenvalue weighted by atomic mass is 35.5. The summed E-state index contributed by atoms with van der Waals surface area (Å²) < 4.78 is 1.88. The number of ketones is 1. The summed E-state index contributed by atoms with van der Waals surface area (Å²) in [7, 11) is 0. The molecule has 0 N–H and O–H groups in total. The van der Waals surface area contributed by atoms with Crippen molar-refractivity contribution in [2.45, 2.75) is 5.16 Å². The van der Waals surface area contributed by atoms with Crippen molar-refractivity contribution in [3.05, 3.63) is 87.6 Å². The van der Waals surface area contributed by atoms with Gasteiger partial charge in [0.15, 0.2) is 16.8 Å². The van der Waals surface area contributed by atoms with E-state index in [9.17, 15) is 4.79 Å². The molecule has 0 aliphatic heterocycles. The van der Waals surface area contributed by atoms with Gasteiger partial charge in [0.2, 0.25) is 0 Å². The van der Waals surface area contributed by atoms with Crippen LogP contribution in [0, 0.1) is 0 Å². The summed E-state index contributed by atoms with van der Waals surface area (Å²) in [6, 6.07) is 15.9. The highest BCUT2D eigenvalue weighted by molar-refractivity contribution is 7.99. The molecule has 0 aliphatic rings. The highest BCUT2D eigenvalue weighted by Gasteiger charge is 2.18. The number of nitrogens with zero attached hydrogens (tertiary/aromatic N) is 4. The second-order valence-electron chi connectivity index (χ2n) is 6.19. The van der Waals surface area contributed by atoms with E-state index in [2.05, 4.69) is 15.2 Å². The summed E-state index contributed by atoms with van der Waals surface area (Å²) in [4.78, 5) is 16.7. The van der Waals surface area contributed by atoms with Gasteiger partial charge in [0, 0.05) is 39.3 Å². The molecule has 4 rings (SSSR count). The lowest BCUT2D eigenvalue weighted by molar-refractivity contribution is 0.102. The van der Waals surface area contributed by atoms with Gasteiger partial charge < -0.3 is 0 Å². The van der Waals surface area contributed by atoms with Crippen molar-refractivity contribution in [1.29, 1.82) is 0 Å². The Balaban J connectivity index is 1.67. The van der Waals surface area contributed by atoms with Crippen LogP contribution >= 0.6 is 46.6 Å². The second-order valence-corrected chi connectivity index (χ2v) is 8.41. The Morgan fingerprint density at radius 3 is 2.30 bits per heavy atom. The summed E-state index contributed by atoms with van der Waals surface area (Å²) in [5, 5.41) is 10.7. The van der Waals surface area contributed by atoms with Crippen LogP contribution in [-0.4, -0.2) is 31.3 Å². The number of pyridine rings is 1. The molecule has 0 saturated heterocycles. The summed E-state index contributed by atoms with van der Waals surface area (Å²) in [5.74, 6) is 0.653. The van der Waals surface area contributed by atoms with Crippen LogP contribution in [0.15, 0.2) is 72.1 Å². The van der Waals surface area contributed by atoms with Gasteiger partial charge >= 0.3 is 0 Å². The first kappa shape index (κ1) is 20.9. The number of benzene rings is 2.